The van der Waals surface area contributed by atoms with Crippen molar-refractivity contribution >= 4 is 0 Å². The lowest BCUT2D eigenvalue weighted by Crippen LogP contribution is -2.68. The molecule has 0 saturated carbocycles. The SMILES string of the molecule is CNCCN(C)C[C@H]1O[C@@H]2O[C@H]3[C@H](O)[C@@H](O)[C@@H](O[C@H]4[C@H](O)[C@@H](O)[C@@H](O[C@H]5[C@H](O)[C@@H](O)[C@@H](O[C@H]6[C@H](O)[C@@H](O)[C@@H](O[C@H]7[C@H](O)[C@@H](O)[C@@H](O[C@H]8[C@H](O)[C@@H](O)[C@@H](O[C@H]1[C@H](O)[C@H]2O)O[C@@H]8CO)O[C@@H]7CO)O[C@@H]6CO)O[C@@H]5CO)O[C@@H]4CO)O[C@@H]3CO. The highest BCUT2D eigenvalue weighted by molar-refractivity contribution is 5.02. The Bertz CT molecular complexity index is 1930. The maximum Gasteiger partial charge on any atom is 0.187 e. The van der Waals surface area contributed by atoms with Gasteiger partial charge < -0.3 is 179 Å². The molecule has 21 aliphatic rings. The van der Waals surface area contributed by atoms with Crippen LogP contribution in [0.5, 0.6) is 0 Å². The monoisotopic (exact) mass is 1200 g/mol. The first-order chi connectivity index (χ1) is 39.0. The Hall–Kier alpha value is -1.44. The Kier molecular flexibility index (Phi) is 23.4. The summed E-state index contributed by atoms with van der Waals surface area (Å²) in [6, 6.07) is 0. The fourth-order valence-corrected chi connectivity index (χ4v) is 11.1. The number of aliphatic hydroxyl groups excluding tert-OH is 20. The molecule has 0 unspecified atom stereocenters. The molecule has 21 fully saturated rings. The summed E-state index contributed by atoms with van der Waals surface area (Å²) >= 11 is 0. The molecule has 82 heavy (non-hydrogen) atoms. The summed E-state index contributed by atoms with van der Waals surface area (Å²) in [4.78, 5) is 1.68. The zero-order valence-corrected chi connectivity index (χ0v) is 44.2. The van der Waals surface area contributed by atoms with Crippen molar-refractivity contribution in [3.8, 4) is 0 Å². The summed E-state index contributed by atoms with van der Waals surface area (Å²) in [7, 11) is 3.31. The maximum atomic E-state index is 11.8. The van der Waals surface area contributed by atoms with E-state index in [2.05, 4.69) is 5.32 Å². The van der Waals surface area contributed by atoms with E-state index in [-0.39, 0.29) is 6.54 Å². The number of likely N-dealkylation sites (N-methyl/N-ethyl adjacent to an activating group) is 2. The molecule has 0 spiro atoms. The first-order valence-electron chi connectivity index (χ1n) is 26.7. The van der Waals surface area contributed by atoms with Crippen molar-refractivity contribution in [3.05, 3.63) is 0 Å². The number of nitrogens with zero attached hydrogens (tertiary/aromatic N) is 1. The van der Waals surface area contributed by atoms with E-state index in [0.717, 1.165) is 0 Å². The highest BCUT2D eigenvalue weighted by Crippen LogP contribution is 2.39. The molecule has 0 aliphatic carbocycles. The minimum atomic E-state index is -2.20. The van der Waals surface area contributed by atoms with Gasteiger partial charge in [0.2, 0.25) is 0 Å². The van der Waals surface area contributed by atoms with Gasteiger partial charge in [0, 0.05) is 19.6 Å². The lowest BCUT2D eigenvalue weighted by molar-refractivity contribution is -0.396. The number of aliphatic hydroxyl groups is 20. The van der Waals surface area contributed by atoms with E-state index < -0.39 is 255 Å². The smallest absolute Gasteiger partial charge is 0.187 e. The molecule has 14 bridgehead atoms. The van der Waals surface area contributed by atoms with Crippen molar-refractivity contribution in [3.63, 3.8) is 0 Å². The topological polar surface area (TPSA) is 549 Å². The highest BCUT2D eigenvalue weighted by Gasteiger charge is 2.59. The van der Waals surface area contributed by atoms with Crippen LogP contribution in [-0.4, -0.2) is 395 Å². The third-order valence-corrected chi connectivity index (χ3v) is 15.8. The largest absolute Gasteiger partial charge is 0.394 e. The van der Waals surface area contributed by atoms with E-state index in [4.69, 9.17) is 66.3 Å². The molecule has 21 rings (SSSR count). The van der Waals surface area contributed by atoms with Crippen LogP contribution in [0.25, 0.3) is 0 Å². The van der Waals surface area contributed by atoms with Gasteiger partial charge in [-0.2, -0.15) is 0 Å². The lowest BCUT2D eigenvalue weighted by Gasteiger charge is -2.50. The van der Waals surface area contributed by atoms with Crippen LogP contribution in [0.1, 0.15) is 0 Å². The van der Waals surface area contributed by atoms with E-state index >= 15 is 0 Å². The van der Waals surface area contributed by atoms with Gasteiger partial charge in [-0.3, -0.25) is 0 Å². The van der Waals surface area contributed by atoms with E-state index in [1.807, 2.05) is 0 Å². The maximum absolute atomic E-state index is 11.8. The predicted molar refractivity (Wildman–Crippen MR) is 253 cm³/mol. The van der Waals surface area contributed by atoms with E-state index in [9.17, 15) is 102 Å². The normalized spacial score (nSPS) is 52.8. The molecule has 36 heteroatoms. The Morgan fingerprint density at radius 3 is 0.610 bits per heavy atom. The molecule has 0 aromatic rings. The molecule has 21 heterocycles. The lowest BCUT2D eigenvalue weighted by atomic mass is 9.95. The zero-order valence-electron chi connectivity index (χ0n) is 44.2. The summed E-state index contributed by atoms with van der Waals surface area (Å²) in [6.07, 6.45) is -68.9. The quantitative estimate of drug-likeness (QED) is 0.0913. The van der Waals surface area contributed by atoms with E-state index in [1.54, 1.807) is 19.0 Å². The molecule has 0 radical (unpaired) electrons. The summed E-state index contributed by atoms with van der Waals surface area (Å²) in [5.74, 6) is 0. The second-order valence-corrected chi connectivity index (χ2v) is 21.3. The van der Waals surface area contributed by atoms with Crippen molar-refractivity contribution < 1.29 is 168 Å². The van der Waals surface area contributed by atoms with Crippen molar-refractivity contribution in [2.45, 2.75) is 215 Å². The summed E-state index contributed by atoms with van der Waals surface area (Å²) in [5.41, 5.74) is 0. The fourth-order valence-electron chi connectivity index (χ4n) is 11.1. The highest BCUT2D eigenvalue weighted by atomic mass is 16.8. The second kappa shape index (κ2) is 28.8. The van der Waals surface area contributed by atoms with Crippen LogP contribution in [0.15, 0.2) is 0 Å². The first-order valence-corrected chi connectivity index (χ1v) is 26.7. The molecular weight excluding hydrogens is 1120 g/mol. The van der Waals surface area contributed by atoms with Gasteiger partial charge in [0.25, 0.3) is 0 Å². The van der Waals surface area contributed by atoms with Gasteiger partial charge >= 0.3 is 0 Å². The van der Waals surface area contributed by atoms with E-state index in [0.29, 0.717) is 13.1 Å². The van der Waals surface area contributed by atoms with Crippen LogP contribution in [-0.2, 0) is 66.3 Å². The number of ether oxygens (including phenoxy) is 14. The molecule has 21 N–H and O–H groups in total. The summed E-state index contributed by atoms with van der Waals surface area (Å²) in [5, 5.41) is 226. The van der Waals surface area contributed by atoms with Crippen LogP contribution >= 0.6 is 0 Å². The predicted octanol–water partition coefficient (Wildman–Crippen LogP) is -15.1. The van der Waals surface area contributed by atoms with Crippen LogP contribution in [0, 0.1) is 0 Å². The Morgan fingerprint density at radius 1 is 0.268 bits per heavy atom. The number of hydrogen-bond acceptors (Lipinski definition) is 36. The molecule has 21 aliphatic heterocycles. The van der Waals surface area contributed by atoms with Crippen molar-refractivity contribution in [1.29, 1.82) is 0 Å². The fraction of sp³-hybridized carbons (Fsp3) is 1.00. The summed E-state index contributed by atoms with van der Waals surface area (Å²) < 4.78 is 81.3. The van der Waals surface area contributed by atoms with Gasteiger partial charge in [-0.25, -0.2) is 0 Å². The average Bonchev–Trinajstić information content (AvgIpc) is 3.47. The Morgan fingerprint density at radius 2 is 0.439 bits per heavy atom. The number of hydrogen-bond donors (Lipinski definition) is 21. The Labute approximate surface area is 466 Å². The number of rotatable bonds is 11. The standard InChI is InChI=1S/C46H80N2O34/c1-47-3-4-48(2)5-12-33-19(55)26(62)40(69-12)77-34-13(6-49)71-42(28(64)21(34)57)79-36-15(8-51)73-44(30(66)23(36)59)81-38-17(10-53)75-46(32(68)25(38)61)82-39-18(11-54)74-45(31(67)24(39)60)80-37-16(9-52)72-43(29(65)22(37)58)78-35-14(7-50)70-41(76-33)27(63)20(35)56/h12-47,49-68H,3-11H2,1-2H3/t12-,13-,14-,15-,16-,17-,18-,19-,20-,21-,22-,23-,24-,25-,26-,27-,28-,29-,30-,31-,32-,33-,34-,35-,36-,37-,38-,39-,40-,41-,42-,43-,44-,45-,46-/m1/s1. The Balaban J connectivity index is 1.10. The van der Waals surface area contributed by atoms with Crippen LogP contribution in [0.4, 0.5) is 0 Å². The van der Waals surface area contributed by atoms with Gasteiger partial charge in [0.15, 0.2) is 44.0 Å². The molecule has 35 atom stereocenters. The molecular formula is C46H80N2O34. The van der Waals surface area contributed by atoms with Gasteiger partial charge in [-0.05, 0) is 14.1 Å². The van der Waals surface area contributed by atoms with E-state index in [1.165, 1.54) is 0 Å². The molecule has 0 aromatic heterocycles. The van der Waals surface area contributed by atoms with Crippen molar-refractivity contribution in [2.75, 3.05) is 73.4 Å². The van der Waals surface area contributed by atoms with Gasteiger partial charge in [-0.1, -0.05) is 0 Å². The summed E-state index contributed by atoms with van der Waals surface area (Å²) in [6.45, 7) is -5.58. The van der Waals surface area contributed by atoms with Gasteiger partial charge in [0.05, 0.1) is 39.6 Å². The molecule has 0 amide bonds. The van der Waals surface area contributed by atoms with Crippen molar-refractivity contribution in [2.24, 2.45) is 0 Å². The zero-order chi connectivity index (χ0) is 59.8. The van der Waals surface area contributed by atoms with Gasteiger partial charge in [-0.15, -0.1) is 0 Å². The number of nitrogens with one attached hydrogen (secondary N) is 1. The molecule has 36 nitrogen and oxygen atoms in total. The van der Waals surface area contributed by atoms with Crippen LogP contribution < -0.4 is 5.32 Å². The van der Waals surface area contributed by atoms with Crippen LogP contribution in [0.2, 0.25) is 0 Å². The molecule has 21 saturated heterocycles. The van der Waals surface area contributed by atoms with Gasteiger partial charge in [0.1, 0.15) is 171 Å². The molecule has 0 aromatic carbocycles. The van der Waals surface area contributed by atoms with Crippen LogP contribution in [0.3, 0.4) is 0 Å². The third kappa shape index (κ3) is 13.6. The molecule has 478 valence electrons. The average molecular weight is 1210 g/mol. The first kappa shape index (κ1) is 66.5. The second-order valence-electron chi connectivity index (χ2n) is 21.3. The van der Waals surface area contributed by atoms with Crippen molar-refractivity contribution in [1.82, 2.24) is 10.2 Å². The minimum absolute atomic E-state index is 0.156. The minimum Gasteiger partial charge on any atom is -0.394 e. The third-order valence-electron chi connectivity index (χ3n) is 15.8.